The average molecular weight is 388 g/mol. The van der Waals surface area contributed by atoms with Crippen molar-refractivity contribution in [1.29, 1.82) is 0 Å². The number of hydrogen-bond acceptors (Lipinski definition) is 2. The van der Waals surface area contributed by atoms with Gasteiger partial charge in [-0.1, -0.05) is 34.1 Å². The van der Waals surface area contributed by atoms with Crippen molar-refractivity contribution in [2.45, 2.75) is 19.4 Å². The number of urea groups is 1. The summed E-state index contributed by atoms with van der Waals surface area (Å²) in [7, 11) is 0. The Morgan fingerprint density at radius 3 is 2.67 bits per heavy atom. The number of nitrogens with one attached hydrogen (secondary N) is 2. The lowest BCUT2D eigenvalue weighted by Crippen LogP contribution is -2.39. The van der Waals surface area contributed by atoms with Gasteiger partial charge in [0.05, 0.1) is 6.04 Å². The number of amides is 3. The molecule has 1 fully saturated rings. The molecule has 2 aromatic carbocycles. The van der Waals surface area contributed by atoms with Gasteiger partial charge in [0.15, 0.2) is 0 Å². The van der Waals surface area contributed by atoms with Crippen molar-refractivity contribution in [3.8, 4) is 0 Å². The second kappa shape index (κ2) is 7.05. The van der Waals surface area contributed by atoms with Gasteiger partial charge in [-0.15, -0.1) is 0 Å². The van der Waals surface area contributed by atoms with Crippen LogP contribution in [0.2, 0.25) is 0 Å². The Hall–Kier alpha value is -2.34. The second-order valence-corrected chi connectivity index (χ2v) is 6.66. The number of carbonyl (C=O) groups excluding carboxylic acids is 2. The first kappa shape index (κ1) is 16.5. The van der Waals surface area contributed by atoms with E-state index in [2.05, 4.69) is 26.6 Å². The van der Waals surface area contributed by atoms with Crippen molar-refractivity contribution < 1.29 is 9.59 Å². The first-order valence-electron chi connectivity index (χ1n) is 7.72. The van der Waals surface area contributed by atoms with Crippen LogP contribution in [0.3, 0.4) is 0 Å². The third-order valence-corrected chi connectivity index (χ3v) is 4.83. The third-order valence-electron chi connectivity index (χ3n) is 3.94. The van der Waals surface area contributed by atoms with Gasteiger partial charge in [0.25, 0.3) is 0 Å². The van der Waals surface area contributed by atoms with Crippen LogP contribution in [0.25, 0.3) is 0 Å². The van der Waals surface area contributed by atoms with E-state index in [-0.39, 0.29) is 18.0 Å². The molecular formula is C18H18BrN3O2. The van der Waals surface area contributed by atoms with E-state index in [9.17, 15) is 9.59 Å². The van der Waals surface area contributed by atoms with E-state index in [0.29, 0.717) is 13.0 Å². The molecule has 0 aliphatic carbocycles. The smallest absolute Gasteiger partial charge is 0.319 e. The summed E-state index contributed by atoms with van der Waals surface area (Å²) >= 11 is 3.43. The Morgan fingerprint density at radius 2 is 1.96 bits per heavy atom. The molecule has 0 spiro atoms. The van der Waals surface area contributed by atoms with Crippen molar-refractivity contribution in [2.24, 2.45) is 0 Å². The zero-order valence-corrected chi connectivity index (χ0v) is 14.8. The maximum absolute atomic E-state index is 12.2. The van der Waals surface area contributed by atoms with E-state index in [1.54, 1.807) is 4.90 Å². The third kappa shape index (κ3) is 3.76. The minimum Gasteiger partial charge on any atom is -0.333 e. The number of aryl methyl sites for hydroxylation is 1. The van der Waals surface area contributed by atoms with Crippen LogP contribution in [0.1, 0.15) is 12.0 Å². The highest BCUT2D eigenvalue weighted by Crippen LogP contribution is 2.22. The van der Waals surface area contributed by atoms with Gasteiger partial charge < -0.3 is 15.5 Å². The molecule has 124 valence electrons. The highest BCUT2D eigenvalue weighted by Gasteiger charge is 2.31. The predicted molar refractivity (Wildman–Crippen MR) is 98.2 cm³/mol. The largest absolute Gasteiger partial charge is 0.333 e. The van der Waals surface area contributed by atoms with Crippen LogP contribution in [-0.2, 0) is 4.79 Å². The fourth-order valence-corrected chi connectivity index (χ4v) is 2.98. The summed E-state index contributed by atoms with van der Waals surface area (Å²) in [5, 5.41) is 5.67. The van der Waals surface area contributed by atoms with Crippen molar-refractivity contribution in [3.05, 3.63) is 58.6 Å². The number of para-hydroxylation sites is 1. The molecule has 3 rings (SSSR count). The van der Waals surface area contributed by atoms with Gasteiger partial charge in [-0.25, -0.2) is 4.79 Å². The zero-order valence-electron chi connectivity index (χ0n) is 13.3. The van der Waals surface area contributed by atoms with E-state index >= 15 is 0 Å². The van der Waals surface area contributed by atoms with Gasteiger partial charge >= 0.3 is 6.03 Å². The second-order valence-electron chi connectivity index (χ2n) is 5.80. The number of rotatable bonds is 3. The molecule has 0 saturated carbocycles. The standard InChI is InChI=1S/C18H18BrN3O2/c1-12-9-13(7-8-16(12)19)20-18(24)21-14-10-17(23)22(11-14)15-5-3-2-4-6-15/h2-9,14H,10-11H2,1H3,(H2,20,21,24)/t14-/m0/s1. The lowest BCUT2D eigenvalue weighted by molar-refractivity contribution is -0.117. The summed E-state index contributed by atoms with van der Waals surface area (Å²) in [5.41, 5.74) is 2.62. The minimum atomic E-state index is -0.301. The van der Waals surface area contributed by atoms with Crippen molar-refractivity contribution >= 4 is 39.2 Å². The molecule has 5 nitrogen and oxygen atoms in total. The van der Waals surface area contributed by atoms with Gasteiger partial charge in [-0.2, -0.15) is 0 Å². The predicted octanol–water partition coefficient (Wildman–Crippen LogP) is 3.68. The van der Waals surface area contributed by atoms with Crippen LogP contribution in [-0.4, -0.2) is 24.5 Å². The minimum absolute atomic E-state index is 0.0194. The van der Waals surface area contributed by atoms with E-state index in [1.807, 2.05) is 55.5 Å². The zero-order chi connectivity index (χ0) is 17.1. The lowest BCUT2D eigenvalue weighted by Gasteiger charge is -2.17. The first-order valence-corrected chi connectivity index (χ1v) is 8.51. The van der Waals surface area contributed by atoms with E-state index in [0.717, 1.165) is 21.4 Å². The Labute approximate surface area is 149 Å². The summed E-state index contributed by atoms with van der Waals surface area (Å²) in [6.45, 7) is 2.44. The number of nitrogens with zero attached hydrogens (tertiary/aromatic N) is 1. The van der Waals surface area contributed by atoms with Crippen LogP contribution in [0.5, 0.6) is 0 Å². The maximum atomic E-state index is 12.2. The van der Waals surface area contributed by atoms with Gasteiger partial charge in [-0.3, -0.25) is 4.79 Å². The van der Waals surface area contributed by atoms with Gasteiger partial charge in [0.2, 0.25) is 5.91 Å². The number of hydrogen-bond donors (Lipinski definition) is 2. The van der Waals surface area contributed by atoms with Gasteiger partial charge in [-0.05, 0) is 42.8 Å². The van der Waals surface area contributed by atoms with Crippen LogP contribution < -0.4 is 15.5 Å². The fraction of sp³-hybridized carbons (Fsp3) is 0.222. The molecule has 1 aliphatic heterocycles. The summed E-state index contributed by atoms with van der Waals surface area (Å²) in [5.74, 6) is 0.0194. The molecule has 0 unspecified atom stereocenters. The fourth-order valence-electron chi connectivity index (χ4n) is 2.74. The van der Waals surface area contributed by atoms with E-state index < -0.39 is 0 Å². The molecule has 0 bridgehead atoms. The van der Waals surface area contributed by atoms with Gasteiger partial charge in [0, 0.05) is 28.8 Å². The number of anilines is 2. The van der Waals surface area contributed by atoms with E-state index in [1.165, 1.54) is 0 Å². The van der Waals surface area contributed by atoms with Crippen LogP contribution in [0.15, 0.2) is 53.0 Å². The Morgan fingerprint density at radius 1 is 1.21 bits per heavy atom. The Bertz CT molecular complexity index is 764. The molecular weight excluding hydrogens is 370 g/mol. The molecule has 2 N–H and O–H groups in total. The van der Waals surface area contributed by atoms with Crippen molar-refractivity contribution in [3.63, 3.8) is 0 Å². The molecule has 0 aromatic heterocycles. The molecule has 1 saturated heterocycles. The average Bonchev–Trinajstić information content (AvgIpc) is 2.92. The molecule has 2 aromatic rings. The molecule has 1 atom stereocenters. The van der Waals surface area contributed by atoms with Crippen LogP contribution in [0, 0.1) is 6.92 Å². The summed E-state index contributed by atoms with van der Waals surface area (Å²) in [6.07, 6.45) is 0.307. The molecule has 6 heteroatoms. The van der Waals surface area contributed by atoms with E-state index in [4.69, 9.17) is 0 Å². The maximum Gasteiger partial charge on any atom is 0.319 e. The molecule has 1 heterocycles. The number of benzene rings is 2. The molecule has 24 heavy (non-hydrogen) atoms. The van der Waals surface area contributed by atoms with Crippen LogP contribution in [0.4, 0.5) is 16.2 Å². The van der Waals surface area contributed by atoms with Crippen molar-refractivity contribution in [2.75, 3.05) is 16.8 Å². The first-order chi connectivity index (χ1) is 11.5. The summed E-state index contributed by atoms with van der Waals surface area (Å²) in [6, 6.07) is 14.6. The summed E-state index contributed by atoms with van der Waals surface area (Å²) < 4.78 is 0.994. The molecule has 0 radical (unpaired) electrons. The normalized spacial score (nSPS) is 17.0. The quantitative estimate of drug-likeness (QED) is 0.843. The molecule has 1 aliphatic rings. The highest BCUT2D eigenvalue weighted by atomic mass is 79.9. The number of halogens is 1. The Kier molecular flexibility index (Phi) is 4.85. The highest BCUT2D eigenvalue weighted by molar-refractivity contribution is 9.10. The summed E-state index contributed by atoms with van der Waals surface area (Å²) in [4.78, 5) is 26.0. The topological polar surface area (TPSA) is 61.4 Å². The SMILES string of the molecule is Cc1cc(NC(=O)N[C@H]2CC(=O)N(c3ccccc3)C2)ccc1Br. The molecule has 3 amide bonds. The lowest BCUT2D eigenvalue weighted by atomic mass is 10.2. The van der Waals surface area contributed by atoms with Crippen LogP contribution >= 0.6 is 15.9 Å². The number of carbonyl (C=O) groups is 2. The van der Waals surface area contributed by atoms with Gasteiger partial charge in [0.1, 0.15) is 0 Å². The Balaban J connectivity index is 1.59. The van der Waals surface area contributed by atoms with Crippen molar-refractivity contribution in [1.82, 2.24) is 5.32 Å². The monoisotopic (exact) mass is 387 g/mol.